The second-order valence-electron chi connectivity index (χ2n) is 4.04. The molecular formula is C14H20O3. The number of ether oxygens (including phenoxy) is 2. The SMILES string of the molecule is CCCOc1ccc(C)cc1CCC(=O)OC. The number of carbonyl (C=O) groups excluding carboxylic acids is 1. The summed E-state index contributed by atoms with van der Waals surface area (Å²) in [6.07, 6.45) is 2.03. The molecule has 3 heteroatoms. The monoisotopic (exact) mass is 236 g/mol. The smallest absolute Gasteiger partial charge is 0.305 e. The van der Waals surface area contributed by atoms with Crippen molar-refractivity contribution in [2.45, 2.75) is 33.1 Å². The van der Waals surface area contributed by atoms with E-state index in [2.05, 4.69) is 17.7 Å². The third kappa shape index (κ3) is 4.47. The number of methoxy groups -OCH3 is 1. The molecule has 17 heavy (non-hydrogen) atoms. The van der Waals surface area contributed by atoms with E-state index in [4.69, 9.17) is 4.74 Å². The highest BCUT2D eigenvalue weighted by Crippen LogP contribution is 2.22. The molecule has 0 bridgehead atoms. The lowest BCUT2D eigenvalue weighted by Gasteiger charge is -2.11. The number of hydrogen-bond donors (Lipinski definition) is 0. The van der Waals surface area contributed by atoms with Gasteiger partial charge in [-0.05, 0) is 31.4 Å². The maximum absolute atomic E-state index is 11.1. The zero-order chi connectivity index (χ0) is 12.7. The molecule has 94 valence electrons. The van der Waals surface area contributed by atoms with Crippen molar-refractivity contribution in [3.05, 3.63) is 29.3 Å². The van der Waals surface area contributed by atoms with Gasteiger partial charge in [-0.2, -0.15) is 0 Å². The van der Waals surface area contributed by atoms with Gasteiger partial charge in [0.15, 0.2) is 0 Å². The van der Waals surface area contributed by atoms with E-state index >= 15 is 0 Å². The van der Waals surface area contributed by atoms with Gasteiger partial charge in [-0.25, -0.2) is 0 Å². The molecule has 0 aliphatic heterocycles. The molecule has 1 aromatic carbocycles. The van der Waals surface area contributed by atoms with Crippen molar-refractivity contribution in [2.24, 2.45) is 0 Å². The van der Waals surface area contributed by atoms with Crippen LogP contribution in [0.2, 0.25) is 0 Å². The lowest BCUT2D eigenvalue weighted by atomic mass is 10.1. The van der Waals surface area contributed by atoms with Crippen LogP contribution < -0.4 is 4.74 Å². The fourth-order valence-electron chi connectivity index (χ4n) is 1.60. The average molecular weight is 236 g/mol. The standard InChI is InChI=1S/C14H20O3/c1-4-9-17-13-7-5-11(2)10-12(13)6-8-14(15)16-3/h5,7,10H,4,6,8-9H2,1-3H3. The summed E-state index contributed by atoms with van der Waals surface area (Å²) >= 11 is 0. The van der Waals surface area contributed by atoms with Crippen molar-refractivity contribution >= 4 is 5.97 Å². The van der Waals surface area contributed by atoms with Gasteiger partial charge >= 0.3 is 5.97 Å². The fourth-order valence-corrected chi connectivity index (χ4v) is 1.60. The number of hydrogen-bond acceptors (Lipinski definition) is 3. The van der Waals surface area contributed by atoms with Crippen molar-refractivity contribution in [1.82, 2.24) is 0 Å². The molecule has 0 spiro atoms. The number of rotatable bonds is 6. The zero-order valence-corrected chi connectivity index (χ0v) is 10.8. The van der Waals surface area contributed by atoms with E-state index in [1.807, 2.05) is 19.1 Å². The van der Waals surface area contributed by atoms with Crippen molar-refractivity contribution in [1.29, 1.82) is 0 Å². The molecule has 0 unspecified atom stereocenters. The van der Waals surface area contributed by atoms with Gasteiger partial charge < -0.3 is 9.47 Å². The lowest BCUT2D eigenvalue weighted by molar-refractivity contribution is -0.140. The molecule has 0 fully saturated rings. The Bertz CT molecular complexity index is 372. The Morgan fingerprint density at radius 3 is 2.76 bits per heavy atom. The maximum atomic E-state index is 11.1. The summed E-state index contributed by atoms with van der Waals surface area (Å²) in [6.45, 7) is 4.81. The van der Waals surface area contributed by atoms with Crippen LogP contribution in [0.15, 0.2) is 18.2 Å². The minimum absolute atomic E-state index is 0.187. The molecule has 0 radical (unpaired) electrons. The largest absolute Gasteiger partial charge is 0.493 e. The number of carbonyl (C=O) groups is 1. The van der Waals surface area contributed by atoms with Gasteiger partial charge in [-0.15, -0.1) is 0 Å². The molecular weight excluding hydrogens is 216 g/mol. The Hall–Kier alpha value is -1.51. The van der Waals surface area contributed by atoms with Gasteiger partial charge in [0.2, 0.25) is 0 Å². The summed E-state index contributed by atoms with van der Waals surface area (Å²) in [5, 5.41) is 0. The second-order valence-corrected chi connectivity index (χ2v) is 4.04. The summed E-state index contributed by atoms with van der Waals surface area (Å²) in [7, 11) is 1.41. The third-order valence-corrected chi connectivity index (χ3v) is 2.50. The molecule has 0 saturated heterocycles. The molecule has 0 aliphatic carbocycles. The Kier molecular flexibility index (Phi) is 5.53. The molecule has 0 saturated carbocycles. The molecule has 0 amide bonds. The first-order valence-electron chi connectivity index (χ1n) is 5.96. The predicted molar refractivity (Wildman–Crippen MR) is 67.3 cm³/mol. The molecule has 0 aromatic heterocycles. The van der Waals surface area contributed by atoms with Crippen LogP contribution in [-0.2, 0) is 16.0 Å². The van der Waals surface area contributed by atoms with Crippen LogP contribution in [0.4, 0.5) is 0 Å². The molecule has 0 heterocycles. The first-order chi connectivity index (χ1) is 8.17. The minimum Gasteiger partial charge on any atom is -0.493 e. The lowest BCUT2D eigenvalue weighted by Crippen LogP contribution is -2.04. The fraction of sp³-hybridized carbons (Fsp3) is 0.500. The quantitative estimate of drug-likeness (QED) is 0.712. The Morgan fingerprint density at radius 1 is 1.35 bits per heavy atom. The Balaban J connectivity index is 2.72. The van der Waals surface area contributed by atoms with Gasteiger partial charge in [0.05, 0.1) is 13.7 Å². The van der Waals surface area contributed by atoms with Crippen molar-refractivity contribution in [3.8, 4) is 5.75 Å². The van der Waals surface area contributed by atoms with E-state index in [1.165, 1.54) is 12.7 Å². The van der Waals surface area contributed by atoms with E-state index in [1.54, 1.807) is 0 Å². The van der Waals surface area contributed by atoms with E-state index in [9.17, 15) is 4.79 Å². The van der Waals surface area contributed by atoms with E-state index in [0.717, 1.165) is 17.7 Å². The molecule has 0 aliphatic rings. The van der Waals surface area contributed by atoms with Crippen molar-refractivity contribution in [2.75, 3.05) is 13.7 Å². The Labute approximate surface area is 103 Å². The first kappa shape index (κ1) is 13.6. The number of esters is 1. The minimum atomic E-state index is -0.187. The maximum Gasteiger partial charge on any atom is 0.305 e. The number of benzene rings is 1. The first-order valence-corrected chi connectivity index (χ1v) is 5.96. The van der Waals surface area contributed by atoms with Crippen LogP contribution in [0.3, 0.4) is 0 Å². The highest BCUT2D eigenvalue weighted by molar-refractivity contribution is 5.69. The van der Waals surface area contributed by atoms with Gasteiger partial charge in [-0.3, -0.25) is 4.79 Å². The van der Waals surface area contributed by atoms with Crippen LogP contribution in [0.1, 0.15) is 30.9 Å². The van der Waals surface area contributed by atoms with Crippen LogP contribution in [0, 0.1) is 6.92 Å². The van der Waals surface area contributed by atoms with Crippen LogP contribution in [-0.4, -0.2) is 19.7 Å². The highest BCUT2D eigenvalue weighted by atomic mass is 16.5. The van der Waals surface area contributed by atoms with E-state index < -0.39 is 0 Å². The summed E-state index contributed by atoms with van der Waals surface area (Å²) in [6, 6.07) is 6.05. The van der Waals surface area contributed by atoms with Gasteiger partial charge in [0.1, 0.15) is 5.75 Å². The normalized spacial score (nSPS) is 10.1. The Morgan fingerprint density at radius 2 is 2.12 bits per heavy atom. The summed E-state index contributed by atoms with van der Waals surface area (Å²) < 4.78 is 10.3. The zero-order valence-electron chi connectivity index (χ0n) is 10.8. The average Bonchev–Trinajstić information content (AvgIpc) is 2.34. The summed E-state index contributed by atoms with van der Waals surface area (Å²) in [4.78, 5) is 11.1. The second kappa shape index (κ2) is 6.94. The predicted octanol–water partition coefficient (Wildman–Crippen LogP) is 2.89. The molecule has 3 nitrogen and oxygen atoms in total. The van der Waals surface area contributed by atoms with Crippen molar-refractivity contribution < 1.29 is 14.3 Å². The molecule has 1 rings (SSSR count). The van der Waals surface area contributed by atoms with Gasteiger partial charge in [-0.1, -0.05) is 24.6 Å². The van der Waals surface area contributed by atoms with Gasteiger partial charge in [0.25, 0.3) is 0 Å². The summed E-state index contributed by atoms with van der Waals surface area (Å²) in [5.41, 5.74) is 2.25. The highest BCUT2D eigenvalue weighted by Gasteiger charge is 2.07. The summed E-state index contributed by atoms with van der Waals surface area (Å²) in [5.74, 6) is 0.689. The van der Waals surface area contributed by atoms with E-state index in [0.29, 0.717) is 19.4 Å². The van der Waals surface area contributed by atoms with Crippen LogP contribution >= 0.6 is 0 Å². The van der Waals surface area contributed by atoms with Crippen molar-refractivity contribution in [3.63, 3.8) is 0 Å². The van der Waals surface area contributed by atoms with Crippen LogP contribution in [0.5, 0.6) is 5.75 Å². The number of aryl methyl sites for hydroxylation is 2. The third-order valence-electron chi connectivity index (χ3n) is 2.50. The van der Waals surface area contributed by atoms with Crippen LogP contribution in [0.25, 0.3) is 0 Å². The topological polar surface area (TPSA) is 35.5 Å². The molecule has 0 N–H and O–H groups in total. The van der Waals surface area contributed by atoms with Gasteiger partial charge in [0, 0.05) is 6.42 Å². The molecule has 1 aromatic rings. The molecule has 0 atom stereocenters. The van der Waals surface area contributed by atoms with E-state index in [-0.39, 0.29) is 5.97 Å².